The van der Waals surface area contributed by atoms with E-state index in [2.05, 4.69) is 20.9 Å². The summed E-state index contributed by atoms with van der Waals surface area (Å²) in [6, 6.07) is 0. The number of ether oxygens (including phenoxy) is 1. The topological polar surface area (TPSA) is 76.0 Å². The molecule has 3 rings (SSSR count). The van der Waals surface area contributed by atoms with Gasteiger partial charge in [-0.3, -0.25) is 19.4 Å². The second-order valence-electron chi connectivity index (χ2n) is 6.10. The Morgan fingerprint density at radius 2 is 1.92 bits per heavy atom. The van der Waals surface area contributed by atoms with Gasteiger partial charge in [0, 0.05) is 11.1 Å². The smallest absolute Gasteiger partial charge is 0.327 e. The van der Waals surface area contributed by atoms with Crippen molar-refractivity contribution >= 4 is 39.4 Å². The number of allylic oxidation sites excluding steroid dienone is 3. The highest BCUT2D eigenvalue weighted by Crippen LogP contribution is 2.37. The molecule has 0 saturated heterocycles. The quantitative estimate of drug-likeness (QED) is 0.395. The predicted octanol–water partition coefficient (Wildman–Crippen LogP) is 2.74. The molecule has 0 fully saturated rings. The molecule has 2 amide bonds. The van der Waals surface area contributed by atoms with E-state index in [1.165, 1.54) is 12.2 Å². The molecule has 2 aliphatic carbocycles. The van der Waals surface area contributed by atoms with E-state index in [0.717, 1.165) is 17.7 Å². The van der Waals surface area contributed by atoms with Crippen LogP contribution in [0, 0.1) is 0 Å². The van der Waals surface area contributed by atoms with Gasteiger partial charge in [0.05, 0.1) is 22.8 Å². The molecule has 26 heavy (non-hydrogen) atoms. The molecule has 1 heterocycles. The first-order valence-electron chi connectivity index (χ1n) is 8.48. The van der Waals surface area contributed by atoms with Crippen molar-refractivity contribution in [3.05, 3.63) is 34.8 Å². The van der Waals surface area contributed by atoms with Crippen molar-refractivity contribution in [2.24, 2.45) is 4.99 Å². The van der Waals surface area contributed by atoms with Crippen LogP contribution in [-0.4, -0.2) is 46.4 Å². The van der Waals surface area contributed by atoms with Gasteiger partial charge in [0.25, 0.3) is 11.8 Å². The molecule has 8 heteroatoms. The molecule has 0 N–H and O–H groups in total. The summed E-state index contributed by atoms with van der Waals surface area (Å²) in [5.74, 6) is -2.10. The Balaban J connectivity index is 1.88. The van der Waals surface area contributed by atoms with Gasteiger partial charge in [0.2, 0.25) is 0 Å². The summed E-state index contributed by atoms with van der Waals surface area (Å²) < 4.78 is 19.3. The van der Waals surface area contributed by atoms with Gasteiger partial charge < -0.3 is 4.74 Å². The number of aliphatic imine (C=N–C) groups is 1. The summed E-state index contributed by atoms with van der Waals surface area (Å²) in [4.78, 5) is 41.2. The Labute approximate surface area is 158 Å². The van der Waals surface area contributed by atoms with Crippen LogP contribution in [0.3, 0.4) is 0 Å². The van der Waals surface area contributed by atoms with Crippen molar-refractivity contribution in [1.29, 1.82) is 0 Å². The Morgan fingerprint density at radius 1 is 1.31 bits per heavy atom. The Hall–Kier alpha value is -2.09. The molecule has 0 aromatic rings. The number of esters is 1. The molecule has 6 nitrogen and oxygen atoms in total. The summed E-state index contributed by atoms with van der Waals surface area (Å²) in [6.07, 6.45) is 5.33. The van der Waals surface area contributed by atoms with Crippen LogP contribution < -0.4 is 0 Å². The molecular formula is C18H18BrFN2O4. The third kappa shape index (κ3) is 3.42. The maximum atomic E-state index is 14.5. The highest BCUT2D eigenvalue weighted by Gasteiger charge is 2.42. The molecule has 1 atom stereocenters. The number of imide groups is 1. The van der Waals surface area contributed by atoms with E-state index >= 15 is 0 Å². The summed E-state index contributed by atoms with van der Waals surface area (Å²) in [7, 11) is 0. The van der Waals surface area contributed by atoms with Crippen LogP contribution in [-0.2, 0) is 19.1 Å². The van der Waals surface area contributed by atoms with Gasteiger partial charge in [0.15, 0.2) is 0 Å². The van der Waals surface area contributed by atoms with Gasteiger partial charge in [-0.05, 0) is 44.8 Å². The summed E-state index contributed by atoms with van der Waals surface area (Å²) in [5.41, 5.74) is 1.19. The number of hydrogen-bond acceptors (Lipinski definition) is 5. The van der Waals surface area contributed by atoms with Crippen molar-refractivity contribution in [2.45, 2.75) is 37.4 Å². The standard InChI is InChI=1S/C18H18BrFN2O4/c1-2-26-16(23)9-21-14-8-15(13(20)7-12(14)19)22-17(24)10-5-3-4-6-11(10)18(22)25/h7-8,12H,2-6,9H2,1H3. The van der Waals surface area contributed by atoms with Crippen molar-refractivity contribution in [3.63, 3.8) is 0 Å². The highest BCUT2D eigenvalue weighted by atomic mass is 79.9. The molecule has 0 aromatic heterocycles. The van der Waals surface area contributed by atoms with Crippen LogP contribution in [0.1, 0.15) is 32.6 Å². The van der Waals surface area contributed by atoms with E-state index in [1.807, 2.05) is 0 Å². The Morgan fingerprint density at radius 3 is 2.50 bits per heavy atom. The first-order valence-corrected chi connectivity index (χ1v) is 9.39. The Kier molecular flexibility index (Phi) is 5.50. The third-order valence-electron chi connectivity index (χ3n) is 4.43. The lowest BCUT2D eigenvalue weighted by molar-refractivity contribution is -0.141. The number of carbonyl (C=O) groups excluding carboxylic acids is 3. The number of carbonyl (C=O) groups is 3. The van der Waals surface area contributed by atoms with E-state index in [4.69, 9.17) is 4.74 Å². The van der Waals surface area contributed by atoms with E-state index in [9.17, 15) is 18.8 Å². The number of halogens is 2. The lowest BCUT2D eigenvalue weighted by atomic mass is 9.93. The fourth-order valence-corrected chi connectivity index (χ4v) is 3.72. The zero-order chi connectivity index (χ0) is 18.8. The lowest BCUT2D eigenvalue weighted by Gasteiger charge is -2.22. The fraction of sp³-hybridized carbons (Fsp3) is 0.444. The van der Waals surface area contributed by atoms with Crippen LogP contribution in [0.25, 0.3) is 0 Å². The van der Waals surface area contributed by atoms with E-state index in [1.54, 1.807) is 6.92 Å². The number of amides is 2. The minimum atomic E-state index is -0.677. The maximum absolute atomic E-state index is 14.5. The van der Waals surface area contributed by atoms with Crippen molar-refractivity contribution < 1.29 is 23.5 Å². The number of rotatable bonds is 4. The third-order valence-corrected chi connectivity index (χ3v) is 5.17. The molecule has 138 valence electrons. The van der Waals surface area contributed by atoms with Gasteiger partial charge in [-0.25, -0.2) is 9.29 Å². The van der Waals surface area contributed by atoms with Crippen molar-refractivity contribution in [1.82, 2.24) is 4.90 Å². The molecule has 1 unspecified atom stereocenters. The summed E-state index contributed by atoms with van der Waals surface area (Å²) in [6.45, 7) is 1.71. The second kappa shape index (κ2) is 7.65. The molecule has 0 aromatic carbocycles. The molecule has 0 spiro atoms. The number of alkyl halides is 1. The highest BCUT2D eigenvalue weighted by molar-refractivity contribution is 9.10. The SMILES string of the molecule is CCOC(=O)CN=C1C=C(N2C(=O)C3=C(CCCC3)C2=O)C(F)=CC1Br. The zero-order valence-electron chi connectivity index (χ0n) is 14.3. The predicted molar refractivity (Wildman–Crippen MR) is 96.3 cm³/mol. The summed E-state index contributed by atoms with van der Waals surface area (Å²) >= 11 is 3.27. The van der Waals surface area contributed by atoms with E-state index < -0.39 is 28.4 Å². The van der Waals surface area contributed by atoms with Crippen LogP contribution >= 0.6 is 15.9 Å². The van der Waals surface area contributed by atoms with Gasteiger partial charge >= 0.3 is 5.97 Å². The molecule has 0 saturated carbocycles. The van der Waals surface area contributed by atoms with E-state index in [-0.39, 0.29) is 18.8 Å². The zero-order valence-corrected chi connectivity index (χ0v) is 15.8. The molecule has 0 radical (unpaired) electrons. The largest absolute Gasteiger partial charge is 0.465 e. The van der Waals surface area contributed by atoms with Crippen molar-refractivity contribution in [2.75, 3.05) is 13.2 Å². The van der Waals surface area contributed by atoms with Crippen LogP contribution in [0.15, 0.2) is 39.8 Å². The first kappa shape index (κ1) is 18.7. The molecule has 1 aliphatic heterocycles. The van der Waals surface area contributed by atoms with E-state index in [0.29, 0.717) is 29.7 Å². The minimum absolute atomic E-state index is 0.132. The summed E-state index contributed by atoms with van der Waals surface area (Å²) in [5, 5.41) is 0. The van der Waals surface area contributed by atoms with Gasteiger partial charge in [-0.2, -0.15) is 0 Å². The monoisotopic (exact) mass is 424 g/mol. The normalized spacial score (nSPS) is 24.7. The number of hydrogen-bond donors (Lipinski definition) is 0. The number of nitrogens with zero attached hydrogens (tertiary/aromatic N) is 2. The van der Waals surface area contributed by atoms with Gasteiger partial charge in [-0.15, -0.1) is 0 Å². The fourth-order valence-electron chi connectivity index (χ4n) is 3.21. The van der Waals surface area contributed by atoms with Crippen molar-refractivity contribution in [3.8, 4) is 0 Å². The van der Waals surface area contributed by atoms with Crippen LogP contribution in [0.5, 0.6) is 0 Å². The Bertz CT molecular complexity index is 769. The van der Waals surface area contributed by atoms with Crippen LogP contribution in [0.2, 0.25) is 0 Å². The maximum Gasteiger partial charge on any atom is 0.327 e. The molecule has 0 bridgehead atoms. The average Bonchev–Trinajstić information content (AvgIpc) is 2.86. The van der Waals surface area contributed by atoms with Gasteiger partial charge in [-0.1, -0.05) is 15.9 Å². The second-order valence-corrected chi connectivity index (χ2v) is 7.09. The molecule has 3 aliphatic rings. The van der Waals surface area contributed by atoms with Gasteiger partial charge in [0.1, 0.15) is 12.4 Å². The lowest BCUT2D eigenvalue weighted by Crippen LogP contribution is -2.34. The first-order chi connectivity index (χ1) is 12.4. The average molecular weight is 425 g/mol. The minimum Gasteiger partial charge on any atom is -0.465 e. The molecular weight excluding hydrogens is 407 g/mol. The van der Waals surface area contributed by atoms with Crippen LogP contribution in [0.4, 0.5) is 4.39 Å².